The maximum atomic E-state index is 10.9. The van der Waals surface area contributed by atoms with Crippen LogP contribution in [0.15, 0.2) is 140 Å². The summed E-state index contributed by atoms with van der Waals surface area (Å²) in [6, 6.07) is 48.9. The average molecular weight is 722 g/mol. The number of fused-ring (bicyclic) bond motifs is 4. The first-order valence-corrected chi connectivity index (χ1v) is 13.6. The minimum Gasteiger partial charge on any atom is -0.513 e. The van der Waals surface area contributed by atoms with E-state index in [1.807, 2.05) is 53.2 Å². The van der Waals surface area contributed by atoms with E-state index < -0.39 is 5.54 Å². The van der Waals surface area contributed by atoms with Gasteiger partial charge in [0.2, 0.25) is 6.33 Å². The van der Waals surface area contributed by atoms with Crippen LogP contribution in [0, 0.1) is 12.4 Å². The molecule has 0 spiro atoms. The van der Waals surface area contributed by atoms with E-state index in [4.69, 9.17) is 0 Å². The number of phenolic OH excluding ortho intramolecular Hbond substituents is 1. The van der Waals surface area contributed by atoms with Crippen molar-refractivity contribution in [3.63, 3.8) is 0 Å². The molecular formula is C37H24N3OPt+. The standard InChI is InChI=1S/C37H24N3O.Pt/c41-36-22-8-7-21-35(36)39-25-40(34-20-6-5-19-33(34)39)37(27-13-11-12-26(24-27)32-18-9-10-23-38-32)30-16-3-1-14-28(30)29-15-2-4-17-31(29)37;/h1-23,41H;/q-1;+2. The predicted octanol–water partition coefficient (Wildman–Crippen LogP) is 7.10. The Bertz CT molecular complexity index is 2040. The largest absolute Gasteiger partial charge is 2.00 e. The molecular weight excluding hydrogens is 698 g/mol. The Balaban J connectivity index is 0.00000288. The van der Waals surface area contributed by atoms with Gasteiger partial charge in [-0.1, -0.05) is 109 Å². The van der Waals surface area contributed by atoms with Crippen molar-refractivity contribution < 1.29 is 30.7 Å². The molecule has 0 saturated carbocycles. The zero-order valence-electron chi connectivity index (χ0n) is 22.4. The van der Waals surface area contributed by atoms with Crippen LogP contribution in [-0.2, 0) is 26.6 Å². The fourth-order valence-corrected chi connectivity index (χ4v) is 6.36. The van der Waals surface area contributed by atoms with E-state index in [-0.39, 0.29) is 26.8 Å². The van der Waals surface area contributed by atoms with Crippen LogP contribution < -0.4 is 4.57 Å². The quantitative estimate of drug-likeness (QED) is 0.156. The van der Waals surface area contributed by atoms with Crippen molar-refractivity contribution in [1.29, 1.82) is 0 Å². The first-order valence-electron chi connectivity index (χ1n) is 13.6. The third kappa shape index (κ3) is 3.72. The van der Waals surface area contributed by atoms with Crippen molar-refractivity contribution in [3.05, 3.63) is 169 Å². The van der Waals surface area contributed by atoms with Crippen molar-refractivity contribution in [2.45, 2.75) is 5.54 Å². The first-order chi connectivity index (χ1) is 20.3. The summed E-state index contributed by atoms with van der Waals surface area (Å²) < 4.78 is 4.19. The maximum Gasteiger partial charge on any atom is 2.00 e. The fraction of sp³-hybridized carbons (Fsp3) is 0.0270. The number of rotatable bonds is 4. The predicted molar refractivity (Wildman–Crippen MR) is 160 cm³/mol. The third-order valence-corrected chi connectivity index (χ3v) is 8.07. The summed E-state index contributed by atoms with van der Waals surface area (Å²) in [5.74, 6) is 0.196. The van der Waals surface area contributed by atoms with Gasteiger partial charge >= 0.3 is 21.1 Å². The van der Waals surface area contributed by atoms with Crippen molar-refractivity contribution in [1.82, 2.24) is 9.55 Å². The van der Waals surface area contributed by atoms with Crippen LogP contribution in [0.25, 0.3) is 39.1 Å². The molecule has 0 unspecified atom stereocenters. The Morgan fingerprint density at radius 1 is 0.667 bits per heavy atom. The molecule has 5 aromatic carbocycles. The minimum absolute atomic E-state index is 0. The molecule has 42 heavy (non-hydrogen) atoms. The zero-order chi connectivity index (χ0) is 27.4. The van der Waals surface area contributed by atoms with Crippen molar-refractivity contribution >= 4 is 11.0 Å². The van der Waals surface area contributed by atoms with E-state index in [2.05, 4.69) is 107 Å². The SMILES string of the molecule is Oc1ccccc1-n1[c-][n+](C2(c3[c-]c(-c4ccccn4)ccc3)c3ccccc3-c3ccccc32)c2ccccc21.[Pt+2]. The molecule has 202 valence electrons. The number of hydrogen-bond acceptors (Lipinski definition) is 2. The summed E-state index contributed by atoms with van der Waals surface area (Å²) in [4.78, 5) is 4.63. The van der Waals surface area contributed by atoms with Gasteiger partial charge in [-0.25, -0.2) is 0 Å². The molecule has 0 aliphatic heterocycles. The minimum atomic E-state index is -0.784. The van der Waals surface area contributed by atoms with Crippen molar-refractivity contribution in [2.24, 2.45) is 0 Å². The topological polar surface area (TPSA) is 41.9 Å². The number of hydrogen-bond donors (Lipinski definition) is 1. The van der Waals surface area contributed by atoms with E-state index in [9.17, 15) is 5.11 Å². The van der Waals surface area contributed by atoms with E-state index in [0.29, 0.717) is 5.69 Å². The van der Waals surface area contributed by atoms with Crippen molar-refractivity contribution in [3.8, 4) is 33.8 Å². The molecule has 7 aromatic rings. The zero-order valence-corrected chi connectivity index (χ0v) is 24.7. The normalized spacial score (nSPS) is 12.9. The summed E-state index contributed by atoms with van der Waals surface area (Å²) in [5, 5.41) is 10.9. The van der Waals surface area contributed by atoms with E-state index >= 15 is 0 Å². The molecule has 5 heteroatoms. The first kappa shape index (κ1) is 26.1. The molecule has 0 fully saturated rings. The Morgan fingerprint density at radius 3 is 2.07 bits per heavy atom. The van der Waals surface area contributed by atoms with Gasteiger partial charge in [0, 0.05) is 17.3 Å². The molecule has 1 aliphatic carbocycles. The Hall–Kier alpha value is -4.79. The van der Waals surface area contributed by atoms with Gasteiger partial charge in [0.15, 0.2) is 5.54 Å². The number of imidazole rings is 1. The molecule has 1 N–H and O–H groups in total. The molecule has 0 atom stereocenters. The molecule has 0 bridgehead atoms. The molecule has 0 saturated heterocycles. The number of benzene rings is 5. The second kappa shape index (κ2) is 10.2. The smallest absolute Gasteiger partial charge is 0.513 e. The van der Waals surface area contributed by atoms with Crippen LogP contribution in [0.4, 0.5) is 0 Å². The van der Waals surface area contributed by atoms with Gasteiger partial charge in [0.05, 0.1) is 16.7 Å². The molecule has 0 amide bonds. The van der Waals surface area contributed by atoms with Crippen LogP contribution in [0.5, 0.6) is 5.75 Å². The van der Waals surface area contributed by atoms with Crippen LogP contribution in [0.1, 0.15) is 16.7 Å². The molecule has 2 heterocycles. The van der Waals surface area contributed by atoms with Gasteiger partial charge in [-0.3, -0.25) is 4.57 Å². The van der Waals surface area contributed by atoms with Crippen LogP contribution in [0.2, 0.25) is 0 Å². The Morgan fingerprint density at radius 2 is 1.33 bits per heavy atom. The van der Waals surface area contributed by atoms with Gasteiger partial charge in [-0.15, -0.1) is 29.8 Å². The van der Waals surface area contributed by atoms with E-state index in [1.54, 1.807) is 6.07 Å². The number of pyridine rings is 1. The third-order valence-electron chi connectivity index (χ3n) is 8.07. The van der Waals surface area contributed by atoms with Crippen molar-refractivity contribution in [2.75, 3.05) is 0 Å². The Labute approximate surface area is 258 Å². The summed E-state index contributed by atoms with van der Waals surface area (Å²) in [7, 11) is 0. The molecule has 0 radical (unpaired) electrons. The number of aromatic nitrogens is 3. The number of phenols is 1. The average Bonchev–Trinajstić information content (AvgIpc) is 3.56. The second-order valence-electron chi connectivity index (χ2n) is 10.2. The Kier molecular flexibility index (Phi) is 6.37. The number of aromatic hydroxyl groups is 1. The monoisotopic (exact) mass is 721 g/mol. The van der Waals surface area contributed by atoms with Gasteiger partial charge in [-0.2, -0.15) is 0 Å². The molecule has 4 nitrogen and oxygen atoms in total. The van der Waals surface area contributed by atoms with E-state index in [0.717, 1.165) is 39.0 Å². The summed E-state index contributed by atoms with van der Waals surface area (Å²) in [5.41, 5.74) is 9.25. The fourth-order valence-electron chi connectivity index (χ4n) is 6.36. The van der Waals surface area contributed by atoms with Gasteiger partial charge < -0.3 is 14.7 Å². The van der Waals surface area contributed by atoms with Crippen LogP contribution in [-0.4, -0.2) is 14.7 Å². The summed E-state index contributed by atoms with van der Waals surface area (Å²) in [6.07, 6.45) is 5.52. The van der Waals surface area contributed by atoms with Gasteiger partial charge in [0.25, 0.3) is 0 Å². The molecule has 8 rings (SSSR count). The molecule has 1 aliphatic rings. The van der Waals surface area contributed by atoms with Gasteiger partial charge in [-0.05, 0) is 29.0 Å². The van der Waals surface area contributed by atoms with E-state index in [1.165, 1.54) is 11.1 Å². The van der Waals surface area contributed by atoms with Crippen LogP contribution in [0.3, 0.4) is 0 Å². The number of nitrogens with zero attached hydrogens (tertiary/aromatic N) is 3. The van der Waals surface area contributed by atoms with Crippen LogP contribution >= 0.6 is 0 Å². The second-order valence-corrected chi connectivity index (χ2v) is 10.2. The summed E-state index contributed by atoms with van der Waals surface area (Å²) in [6.45, 7) is 0. The summed E-state index contributed by atoms with van der Waals surface area (Å²) >= 11 is 0. The molecule has 2 aromatic heterocycles. The number of para-hydroxylation sites is 4. The maximum absolute atomic E-state index is 10.9. The van der Waals surface area contributed by atoms with Gasteiger partial charge in [0.1, 0.15) is 5.75 Å².